The van der Waals surface area contributed by atoms with Crippen LogP contribution in [0.3, 0.4) is 0 Å². The summed E-state index contributed by atoms with van der Waals surface area (Å²) in [5, 5.41) is 10.7. The van der Waals surface area contributed by atoms with Crippen molar-refractivity contribution in [1.82, 2.24) is 10.8 Å². The molecule has 3 N–H and O–H groups in total. The van der Waals surface area contributed by atoms with Gasteiger partial charge >= 0.3 is 0 Å². The van der Waals surface area contributed by atoms with Gasteiger partial charge in [-0.15, -0.1) is 0 Å². The molecular formula is C7H14N2O3. The summed E-state index contributed by atoms with van der Waals surface area (Å²) in [4.78, 5) is 21.5. The summed E-state index contributed by atoms with van der Waals surface area (Å²) in [5.74, 6) is -0.946. The average Bonchev–Trinajstić information content (AvgIpc) is 1.98. The summed E-state index contributed by atoms with van der Waals surface area (Å²) >= 11 is 0. The molecule has 70 valence electrons. The largest absolute Gasteiger partial charge is 0.344 e. The number of carbonyl (C=O) groups excluding carboxylic acids is 2. The van der Waals surface area contributed by atoms with E-state index in [0.29, 0.717) is 0 Å². The number of rotatable bonds is 3. The molecule has 5 heteroatoms. The molecule has 0 spiro atoms. The monoisotopic (exact) mass is 174 g/mol. The van der Waals surface area contributed by atoms with Crippen molar-refractivity contribution in [1.29, 1.82) is 0 Å². The molecule has 12 heavy (non-hydrogen) atoms. The highest BCUT2D eigenvalue weighted by atomic mass is 16.5. The maximum atomic E-state index is 10.9. The highest BCUT2D eigenvalue weighted by Gasteiger charge is 2.21. The van der Waals surface area contributed by atoms with Gasteiger partial charge in [0.25, 0.3) is 5.91 Å². The van der Waals surface area contributed by atoms with Crippen LogP contribution in [0.2, 0.25) is 0 Å². The number of amides is 2. The minimum atomic E-state index is -0.674. The van der Waals surface area contributed by atoms with Gasteiger partial charge in [-0.25, -0.2) is 5.48 Å². The predicted octanol–water partition coefficient (Wildman–Crippen LogP) is -0.348. The van der Waals surface area contributed by atoms with Crippen molar-refractivity contribution >= 4 is 11.8 Å². The molecule has 0 radical (unpaired) electrons. The first kappa shape index (κ1) is 10.9. The fourth-order valence-corrected chi connectivity index (χ4v) is 0.823. The maximum absolute atomic E-state index is 10.9. The first-order chi connectivity index (χ1) is 5.49. The molecule has 0 heterocycles. The molecule has 1 unspecified atom stereocenters. The van der Waals surface area contributed by atoms with Crippen LogP contribution in [0.4, 0.5) is 0 Å². The van der Waals surface area contributed by atoms with E-state index < -0.39 is 11.9 Å². The molecule has 1 atom stereocenters. The van der Waals surface area contributed by atoms with Crippen LogP contribution in [0.15, 0.2) is 0 Å². The summed E-state index contributed by atoms with van der Waals surface area (Å²) in [6.45, 7) is 4.87. The smallest absolute Gasteiger partial charge is 0.266 e. The summed E-state index contributed by atoms with van der Waals surface area (Å²) in [6, 6.07) is -0.674. The van der Waals surface area contributed by atoms with Crippen molar-refractivity contribution in [3.63, 3.8) is 0 Å². The van der Waals surface area contributed by atoms with E-state index in [1.165, 1.54) is 12.4 Å². The van der Waals surface area contributed by atoms with E-state index in [1.807, 2.05) is 0 Å². The molecule has 0 aliphatic rings. The third-order valence-corrected chi connectivity index (χ3v) is 1.42. The highest BCUT2D eigenvalue weighted by Crippen LogP contribution is 2.00. The second kappa shape index (κ2) is 4.71. The van der Waals surface area contributed by atoms with Gasteiger partial charge in [-0.3, -0.25) is 14.8 Å². The Morgan fingerprint density at radius 3 is 2.08 bits per heavy atom. The average molecular weight is 174 g/mol. The number of nitrogens with one attached hydrogen (secondary N) is 2. The van der Waals surface area contributed by atoms with Crippen LogP contribution in [-0.4, -0.2) is 23.1 Å². The van der Waals surface area contributed by atoms with Crippen molar-refractivity contribution in [2.45, 2.75) is 26.8 Å². The van der Waals surface area contributed by atoms with Gasteiger partial charge in [0.1, 0.15) is 6.04 Å². The van der Waals surface area contributed by atoms with Gasteiger partial charge < -0.3 is 5.32 Å². The zero-order valence-electron chi connectivity index (χ0n) is 7.42. The summed E-state index contributed by atoms with van der Waals surface area (Å²) in [7, 11) is 0. The lowest BCUT2D eigenvalue weighted by atomic mass is 10.0. The minimum absolute atomic E-state index is 0.0546. The minimum Gasteiger partial charge on any atom is -0.344 e. The van der Waals surface area contributed by atoms with Gasteiger partial charge in [0.2, 0.25) is 5.91 Å². The first-order valence-corrected chi connectivity index (χ1v) is 3.70. The number of hydroxylamine groups is 1. The Bertz CT molecular complexity index is 179. The molecular weight excluding hydrogens is 160 g/mol. The van der Waals surface area contributed by atoms with Crippen LogP contribution < -0.4 is 10.8 Å². The zero-order valence-corrected chi connectivity index (χ0v) is 7.42. The van der Waals surface area contributed by atoms with Gasteiger partial charge in [0, 0.05) is 6.92 Å². The van der Waals surface area contributed by atoms with Gasteiger partial charge in [-0.05, 0) is 5.92 Å². The second-order valence-electron chi connectivity index (χ2n) is 2.90. The number of hydrogen-bond acceptors (Lipinski definition) is 3. The molecule has 0 fully saturated rings. The predicted molar refractivity (Wildman–Crippen MR) is 42.4 cm³/mol. The normalized spacial score (nSPS) is 12.4. The van der Waals surface area contributed by atoms with Crippen LogP contribution in [0, 0.1) is 5.92 Å². The van der Waals surface area contributed by atoms with Gasteiger partial charge in [-0.2, -0.15) is 0 Å². The van der Waals surface area contributed by atoms with E-state index in [4.69, 9.17) is 5.21 Å². The maximum Gasteiger partial charge on any atom is 0.266 e. The lowest BCUT2D eigenvalue weighted by molar-refractivity contribution is -0.135. The molecule has 0 aromatic carbocycles. The third-order valence-electron chi connectivity index (χ3n) is 1.42. The Morgan fingerprint density at radius 1 is 1.33 bits per heavy atom. The third kappa shape index (κ3) is 3.34. The number of hydrogen-bond donors (Lipinski definition) is 3. The van der Waals surface area contributed by atoms with Crippen molar-refractivity contribution < 1.29 is 14.8 Å². The van der Waals surface area contributed by atoms with Crippen LogP contribution in [0.25, 0.3) is 0 Å². The Morgan fingerprint density at radius 2 is 1.83 bits per heavy atom. The summed E-state index contributed by atoms with van der Waals surface area (Å²) in [5.41, 5.74) is 1.50. The summed E-state index contributed by atoms with van der Waals surface area (Å²) < 4.78 is 0. The van der Waals surface area contributed by atoms with Crippen LogP contribution in [0.5, 0.6) is 0 Å². The zero-order chi connectivity index (χ0) is 9.72. The van der Waals surface area contributed by atoms with E-state index in [1.54, 1.807) is 13.8 Å². The second-order valence-corrected chi connectivity index (χ2v) is 2.90. The van der Waals surface area contributed by atoms with Crippen molar-refractivity contribution in [3.8, 4) is 0 Å². The molecule has 0 aromatic rings. The van der Waals surface area contributed by atoms with Gasteiger partial charge in [0.05, 0.1) is 0 Å². The molecule has 0 bridgehead atoms. The first-order valence-electron chi connectivity index (χ1n) is 3.70. The standard InChI is InChI=1S/C7H14N2O3/c1-4(2)6(7(11)9-12)8-5(3)10/h4,6,12H,1-3H3,(H,8,10)(H,9,11). The Kier molecular flexibility index (Phi) is 4.28. The van der Waals surface area contributed by atoms with Crippen molar-refractivity contribution in [2.24, 2.45) is 5.92 Å². The topological polar surface area (TPSA) is 78.4 Å². The lowest BCUT2D eigenvalue weighted by Crippen LogP contribution is -2.48. The Labute approximate surface area is 71.1 Å². The van der Waals surface area contributed by atoms with E-state index in [2.05, 4.69) is 5.32 Å². The molecule has 0 aliphatic carbocycles. The molecule has 0 aliphatic heterocycles. The molecule has 0 saturated carbocycles. The van der Waals surface area contributed by atoms with E-state index in [-0.39, 0.29) is 11.8 Å². The molecule has 0 aromatic heterocycles. The molecule has 0 rings (SSSR count). The van der Waals surface area contributed by atoms with E-state index in [0.717, 1.165) is 0 Å². The SMILES string of the molecule is CC(=O)NC(C(=O)NO)C(C)C. The molecule has 5 nitrogen and oxygen atoms in total. The highest BCUT2D eigenvalue weighted by molar-refractivity contribution is 5.86. The fraction of sp³-hybridized carbons (Fsp3) is 0.714. The van der Waals surface area contributed by atoms with E-state index in [9.17, 15) is 9.59 Å². The van der Waals surface area contributed by atoms with Crippen LogP contribution >= 0.6 is 0 Å². The van der Waals surface area contributed by atoms with Crippen LogP contribution in [-0.2, 0) is 9.59 Å². The quantitative estimate of drug-likeness (QED) is 0.404. The Balaban J connectivity index is 4.23. The molecule has 0 saturated heterocycles. The van der Waals surface area contributed by atoms with Crippen LogP contribution in [0.1, 0.15) is 20.8 Å². The Hall–Kier alpha value is -1.10. The van der Waals surface area contributed by atoms with E-state index >= 15 is 0 Å². The van der Waals surface area contributed by atoms with Gasteiger partial charge in [-0.1, -0.05) is 13.8 Å². The van der Waals surface area contributed by atoms with Crippen molar-refractivity contribution in [3.05, 3.63) is 0 Å². The fourth-order valence-electron chi connectivity index (χ4n) is 0.823. The van der Waals surface area contributed by atoms with Crippen molar-refractivity contribution in [2.75, 3.05) is 0 Å². The summed E-state index contributed by atoms with van der Waals surface area (Å²) in [6.07, 6.45) is 0. The lowest BCUT2D eigenvalue weighted by Gasteiger charge is -2.18. The van der Waals surface area contributed by atoms with Gasteiger partial charge in [0.15, 0.2) is 0 Å². The number of carbonyl (C=O) groups is 2. The molecule has 2 amide bonds.